The van der Waals surface area contributed by atoms with Crippen LogP contribution in [0.15, 0.2) is 0 Å². The summed E-state index contributed by atoms with van der Waals surface area (Å²) in [5.41, 5.74) is 2.60. The Balaban J connectivity index is 1.65. The van der Waals surface area contributed by atoms with E-state index in [-0.39, 0.29) is 17.9 Å². The number of carbonyl (C=O) groups is 1. The fourth-order valence-electron chi connectivity index (χ4n) is 2.10. The number of nitrogens with one attached hydrogen (secondary N) is 2. The number of hydrogen-bond donors (Lipinski definition) is 2. The number of carbonyl (C=O) groups excluding carboxylic acids is 1. The molecule has 2 aliphatic rings. The summed E-state index contributed by atoms with van der Waals surface area (Å²) in [7, 11) is 0. The average molecular weight is 228 g/mol. The monoisotopic (exact) mass is 228 g/mol. The molecular weight excluding hydrogens is 208 g/mol. The van der Waals surface area contributed by atoms with E-state index in [1.807, 2.05) is 0 Å². The number of rotatable bonds is 3. The summed E-state index contributed by atoms with van der Waals surface area (Å²) in [5, 5.41) is 3.26. The van der Waals surface area contributed by atoms with E-state index < -0.39 is 0 Å². The Kier molecular flexibility index (Phi) is 4.56. The van der Waals surface area contributed by atoms with Gasteiger partial charge in [-0.1, -0.05) is 0 Å². The van der Waals surface area contributed by atoms with Gasteiger partial charge in [0.25, 0.3) is 0 Å². The lowest BCUT2D eigenvalue weighted by molar-refractivity contribution is -0.146. The van der Waals surface area contributed by atoms with E-state index in [2.05, 4.69) is 10.8 Å². The largest absolute Gasteiger partial charge is 0.381 e. The molecule has 1 amide bonds. The van der Waals surface area contributed by atoms with Gasteiger partial charge in [0, 0.05) is 19.1 Å². The van der Waals surface area contributed by atoms with Crippen LogP contribution in [-0.4, -0.2) is 38.3 Å². The third-order valence-corrected chi connectivity index (χ3v) is 3.20. The van der Waals surface area contributed by atoms with Gasteiger partial charge in [-0.15, -0.1) is 0 Å². The van der Waals surface area contributed by atoms with Crippen LogP contribution in [0.4, 0.5) is 0 Å². The van der Waals surface area contributed by atoms with E-state index in [4.69, 9.17) is 9.57 Å². The average Bonchev–Trinajstić information content (AvgIpc) is 2.38. The normalized spacial score (nSPS) is 24.2. The van der Waals surface area contributed by atoms with E-state index >= 15 is 0 Å². The first-order chi connectivity index (χ1) is 7.86. The molecule has 2 aliphatic heterocycles. The topological polar surface area (TPSA) is 59.6 Å². The highest BCUT2D eigenvalue weighted by Gasteiger charge is 2.23. The quantitative estimate of drug-likeness (QED) is 0.678. The predicted molar refractivity (Wildman–Crippen MR) is 58.7 cm³/mol. The highest BCUT2D eigenvalue weighted by molar-refractivity contribution is 5.77. The van der Waals surface area contributed by atoms with Crippen molar-refractivity contribution < 1.29 is 14.4 Å². The molecule has 0 unspecified atom stereocenters. The van der Waals surface area contributed by atoms with Gasteiger partial charge in [0.1, 0.15) is 0 Å². The van der Waals surface area contributed by atoms with E-state index in [0.717, 1.165) is 38.8 Å². The Morgan fingerprint density at radius 1 is 1.19 bits per heavy atom. The molecule has 0 aliphatic carbocycles. The van der Waals surface area contributed by atoms with Crippen LogP contribution in [-0.2, 0) is 14.4 Å². The van der Waals surface area contributed by atoms with Gasteiger partial charge in [-0.25, -0.2) is 5.48 Å². The van der Waals surface area contributed by atoms with Crippen molar-refractivity contribution in [3.63, 3.8) is 0 Å². The second-order valence-corrected chi connectivity index (χ2v) is 4.42. The van der Waals surface area contributed by atoms with Crippen LogP contribution in [0.2, 0.25) is 0 Å². The van der Waals surface area contributed by atoms with Crippen molar-refractivity contribution >= 4 is 5.91 Å². The molecule has 2 saturated heterocycles. The SMILES string of the molecule is O=C(NOC1CCNCC1)C1CCOCC1. The number of amides is 1. The molecule has 2 heterocycles. The number of hydrogen-bond acceptors (Lipinski definition) is 4. The lowest BCUT2D eigenvalue weighted by Crippen LogP contribution is -2.40. The second kappa shape index (κ2) is 6.18. The lowest BCUT2D eigenvalue weighted by Gasteiger charge is -2.25. The Labute approximate surface area is 95.8 Å². The maximum Gasteiger partial charge on any atom is 0.246 e. The van der Waals surface area contributed by atoms with Crippen molar-refractivity contribution in [1.29, 1.82) is 0 Å². The fourth-order valence-corrected chi connectivity index (χ4v) is 2.10. The molecule has 2 fully saturated rings. The Morgan fingerprint density at radius 3 is 2.56 bits per heavy atom. The molecule has 92 valence electrons. The van der Waals surface area contributed by atoms with Crippen LogP contribution >= 0.6 is 0 Å². The van der Waals surface area contributed by atoms with E-state index in [9.17, 15) is 4.79 Å². The molecule has 5 heteroatoms. The minimum absolute atomic E-state index is 0.0156. The van der Waals surface area contributed by atoms with Crippen LogP contribution in [0.25, 0.3) is 0 Å². The summed E-state index contributed by atoms with van der Waals surface area (Å²) < 4.78 is 5.22. The lowest BCUT2D eigenvalue weighted by atomic mass is 10.00. The van der Waals surface area contributed by atoms with Crippen molar-refractivity contribution in [3.05, 3.63) is 0 Å². The molecule has 0 spiro atoms. The fraction of sp³-hybridized carbons (Fsp3) is 0.909. The summed E-state index contributed by atoms with van der Waals surface area (Å²) in [6.07, 6.45) is 3.72. The second-order valence-electron chi connectivity index (χ2n) is 4.42. The zero-order valence-corrected chi connectivity index (χ0v) is 9.54. The molecule has 16 heavy (non-hydrogen) atoms. The molecule has 0 bridgehead atoms. The van der Waals surface area contributed by atoms with Gasteiger partial charge in [0.2, 0.25) is 5.91 Å². The molecular formula is C11H20N2O3. The van der Waals surface area contributed by atoms with Crippen LogP contribution < -0.4 is 10.8 Å². The van der Waals surface area contributed by atoms with Gasteiger partial charge in [-0.3, -0.25) is 9.63 Å². The van der Waals surface area contributed by atoms with Crippen molar-refractivity contribution in [2.24, 2.45) is 5.92 Å². The minimum atomic E-state index is 0.0156. The molecule has 0 aromatic heterocycles. The molecule has 0 atom stereocenters. The van der Waals surface area contributed by atoms with Crippen molar-refractivity contribution in [3.8, 4) is 0 Å². The van der Waals surface area contributed by atoms with Gasteiger partial charge < -0.3 is 10.1 Å². The van der Waals surface area contributed by atoms with Crippen molar-refractivity contribution in [2.75, 3.05) is 26.3 Å². The molecule has 5 nitrogen and oxygen atoms in total. The first kappa shape index (κ1) is 11.8. The minimum Gasteiger partial charge on any atom is -0.381 e. The van der Waals surface area contributed by atoms with Crippen molar-refractivity contribution in [1.82, 2.24) is 10.8 Å². The summed E-state index contributed by atoms with van der Waals surface area (Å²) in [6, 6.07) is 0. The number of hydroxylamine groups is 1. The highest BCUT2D eigenvalue weighted by Crippen LogP contribution is 2.15. The van der Waals surface area contributed by atoms with Gasteiger partial charge in [-0.2, -0.15) is 0 Å². The Hall–Kier alpha value is -0.650. The smallest absolute Gasteiger partial charge is 0.246 e. The van der Waals surface area contributed by atoms with Crippen LogP contribution in [0, 0.1) is 5.92 Å². The maximum absolute atomic E-state index is 11.7. The van der Waals surface area contributed by atoms with E-state index in [1.54, 1.807) is 0 Å². The summed E-state index contributed by atoms with van der Waals surface area (Å²) >= 11 is 0. The number of ether oxygens (including phenoxy) is 1. The standard InChI is InChI=1S/C11H20N2O3/c14-11(9-3-7-15-8-4-9)13-16-10-1-5-12-6-2-10/h9-10,12H,1-8H2,(H,13,14). The van der Waals surface area contributed by atoms with Crippen LogP contribution in [0.1, 0.15) is 25.7 Å². The first-order valence-corrected chi connectivity index (χ1v) is 6.10. The predicted octanol–water partition coefficient (Wildman–Crippen LogP) is 0.213. The molecule has 0 radical (unpaired) electrons. The van der Waals surface area contributed by atoms with E-state index in [0.29, 0.717) is 13.2 Å². The first-order valence-electron chi connectivity index (χ1n) is 6.10. The Morgan fingerprint density at radius 2 is 1.88 bits per heavy atom. The summed E-state index contributed by atoms with van der Waals surface area (Å²) in [6.45, 7) is 3.31. The van der Waals surface area contributed by atoms with Crippen LogP contribution in [0.3, 0.4) is 0 Å². The van der Waals surface area contributed by atoms with Crippen molar-refractivity contribution in [2.45, 2.75) is 31.8 Å². The van der Waals surface area contributed by atoms with E-state index in [1.165, 1.54) is 0 Å². The molecule has 2 N–H and O–H groups in total. The number of piperidine rings is 1. The maximum atomic E-state index is 11.7. The zero-order chi connectivity index (χ0) is 11.2. The van der Waals surface area contributed by atoms with Gasteiger partial charge >= 0.3 is 0 Å². The van der Waals surface area contributed by atoms with Gasteiger partial charge in [0.15, 0.2) is 0 Å². The molecule has 2 rings (SSSR count). The van der Waals surface area contributed by atoms with Gasteiger partial charge in [-0.05, 0) is 38.8 Å². The molecule has 0 aromatic carbocycles. The third kappa shape index (κ3) is 3.43. The summed E-state index contributed by atoms with van der Waals surface area (Å²) in [4.78, 5) is 17.2. The summed E-state index contributed by atoms with van der Waals surface area (Å²) in [5.74, 6) is 0.0808. The van der Waals surface area contributed by atoms with Gasteiger partial charge in [0.05, 0.1) is 6.10 Å². The third-order valence-electron chi connectivity index (χ3n) is 3.20. The molecule has 0 saturated carbocycles. The molecule has 0 aromatic rings. The van der Waals surface area contributed by atoms with Crippen LogP contribution in [0.5, 0.6) is 0 Å². The zero-order valence-electron chi connectivity index (χ0n) is 9.54. The Bertz CT molecular complexity index is 223. The highest BCUT2D eigenvalue weighted by atomic mass is 16.7.